The lowest BCUT2D eigenvalue weighted by atomic mass is 10.0. The first kappa shape index (κ1) is 17.0. The minimum Gasteiger partial charge on any atom is -0.465 e. The lowest BCUT2D eigenvalue weighted by molar-refractivity contribution is -0.0896. The normalized spacial score (nSPS) is 28.4. The minimum absolute atomic E-state index is 0.319. The molecular weight excluding hydrogens is 292 g/mol. The molecule has 5 heteroatoms. The van der Waals surface area contributed by atoms with E-state index in [-0.39, 0.29) is 0 Å². The average molecular weight is 322 g/mol. The molecule has 130 valence electrons. The van der Waals surface area contributed by atoms with Gasteiger partial charge in [-0.3, -0.25) is 4.90 Å². The van der Waals surface area contributed by atoms with Crippen molar-refractivity contribution < 1.29 is 13.9 Å². The highest BCUT2D eigenvalue weighted by Crippen LogP contribution is 2.35. The molecule has 2 fully saturated rings. The van der Waals surface area contributed by atoms with E-state index in [0.29, 0.717) is 18.1 Å². The summed E-state index contributed by atoms with van der Waals surface area (Å²) in [4.78, 5) is 4.69. The fourth-order valence-corrected chi connectivity index (χ4v) is 3.76. The first-order valence-corrected chi connectivity index (χ1v) is 8.77. The molecule has 3 atom stereocenters. The molecule has 3 rings (SSSR count). The zero-order chi connectivity index (χ0) is 16.2. The molecule has 2 aliphatic rings. The van der Waals surface area contributed by atoms with Crippen molar-refractivity contribution in [2.45, 2.75) is 38.5 Å². The summed E-state index contributed by atoms with van der Waals surface area (Å²) in [6.45, 7) is 7.31. The van der Waals surface area contributed by atoms with Gasteiger partial charge in [-0.2, -0.15) is 0 Å². The van der Waals surface area contributed by atoms with Gasteiger partial charge in [0.1, 0.15) is 11.5 Å². The van der Waals surface area contributed by atoms with Gasteiger partial charge in [-0.15, -0.1) is 0 Å². The van der Waals surface area contributed by atoms with Gasteiger partial charge in [0.2, 0.25) is 0 Å². The molecular formula is C18H30N2O3. The molecule has 0 radical (unpaired) electrons. The number of hydrogen-bond donors (Lipinski definition) is 0. The van der Waals surface area contributed by atoms with Crippen molar-refractivity contribution in [3.05, 3.63) is 23.7 Å². The maximum absolute atomic E-state index is 6.10. The molecule has 1 aliphatic carbocycles. The van der Waals surface area contributed by atoms with E-state index in [1.54, 1.807) is 0 Å². The van der Waals surface area contributed by atoms with Gasteiger partial charge in [0.05, 0.1) is 32.5 Å². The van der Waals surface area contributed by atoms with Gasteiger partial charge in [0.15, 0.2) is 0 Å². The summed E-state index contributed by atoms with van der Waals surface area (Å²) in [5.74, 6) is 2.58. The van der Waals surface area contributed by atoms with Crippen molar-refractivity contribution in [1.29, 1.82) is 0 Å². The van der Waals surface area contributed by atoms with E-state index in [9.17, 15) is 0 Å². The van der Waals surface area contributed by atoms with Gasteiger partial charge >= 0.3 is 0 Å². The van der Waals surface area contributed by atoms with E-state index >= 15 is 0 Å². The van der Waals surface area contributed by atoms with Crippen molar-refractivity contribution in [2.24, 2.45) is 5.92 Å². The Morgan fingerprint density at radius 3 is 2.91 bits per heavy atom. The quantitative estimate of drug-likeness (QED) is 0.719. The molecule has 0 bridgehead atoms. The zero-order valence-electron chi connectivity index (χ0n) is 14.7. The van der Waals surface area contributed by atoms with Crippen LogP contribution in [-0.4, -0.2) is 69.0 Å². The minimum atomic E-state index is 0.319. The third-order valence-electron chi connectivity index (χ3n) is 5.00. The molecule has 1 aliphatic heterocycles. The molecule has 5 nitrogen and oxygen atoms in total. The van der Waals surface area contributed by atoms with Crippen LogP contribution in [0.3, 0.4) is 0 Å². The highest BCUT2D eigenvalue weighted by molar-refractivity contribution is 5.06. The first-order valence-electron chi connectivity index (χ1n) is 8.77. The number of ether oxygens (including phenoxy) is 2. The van der Waals surface area contributed by atoms with Crippen LogP contribution < -0.4 is 0 Å². The summed E-state index contributed by atoms with van der Waals surface area (Å²) < 4.78 is 17.7. The average Bonchev–Trinajstić information content (AvgIpc) is 3.11. The largest absolute Gasteiger partial charge is 0.465 e. The van der Waals surface area contributed by atoms with Crippen molar-refractivity contribution in [3.8, 4) is 0 Å². The van der Waals surface area contributed by atoms with Crippen LogP contribution in [0.2, 0.25) is 0 Å². The Bertz CT molecular complexity index is 488. The molecule has 0 aromatic carbocycles. The van der Waals surface area contributed by atoms with Gasteiger partial charge < -0.3 is 18.8 Å². The SMILES string of the molecule is Cc1ccc(CN2CCO[C@@H]3[C@@H](COCCN(C)C)CC[C@H]32)o1. The van der Waals surface area contributed by atoms with E-state index in [2.05, 4.69) is 30.0 Å². The van der Waals surface area contributed by atoms with Gasteiger partial charge in [-0.25, -0.2) is 0 Å². The molecule has 2 heterocycles. The van der Waals surface area contributed by atoms with Crippen LogP contribution in [0.5, 0.6) is 0 Å². The van der Waals surface area contributed by atoms with E-state index in [4.69, 9.17) is 13.9 Å². The van der Waals surface area contributed by atoms with Crippen LogP contribution >= 0.6 is 0 Å². The van der Waals surface area contributed by atoms with Crippen LogP contribution in [0, 0.1) is 12.8 Å². The standard InChI is InChI=1S/C18H30N2O3/c1-14-4-6-16(23-14)12-20-9-11-22-18-15(5-7-17(18)20)13-21-10-8-19(2)3/h4,6,15,17-18H,5,7-13H2,1-3H3/t15-,17-,18-/m1/s1. The number of hydrogen-bond acceptors (Lipinski definition) is 5. The van der Waals surface area contributed by atoms with E-state index in [0.717, 1.165) is 51.0 Å². The van der Waals surface area contributed by atoms with Gasteiger partial charge in [-0.05, 0) is 46.0 Å². The Hall–Kier alpha value is -0.880. The third-order valence-corrected chi connectivity index (χ3v) is 5.00. The lowest BCUT2D eigenvalue weighted by Gasteiger charge is -2.38. The highest BCUT2D eigenvalue weighted by Gasteiger charge is 2.42. The molecule has 1 aromatic rings. The maximum Gasteiger partial charge on any atom is 0.118 e. The molecule has 0 N–H and O–H groups in total. The summed E-state index contributed by atoms with van der Waals surface area (Å²) in [5.41, 5.74) is 0. The lowest BCUT2D eigenvalue weighted by Crippen LogP contribution is -2.50. The Balaban J connectivity index is 1.51. The molecule has 23 heavy (non-hydrogen) atoms. The monoisotopic (exact) mass is 322 g/mol. The predicted molar refractivity (Wildman–Crippen MR) is 89.5 cm³/mol. The first-order chi connectivity index (χ1) is 11.1. The number of furan rings is 1. The van der Waals surface area contributed by atoms with Gasteiger partial charge in [-0.1, -0.05) is 0 Å². The summed E-state index contributed by atoms with van der Waals surface area (Å²) in [7, 11) is 4.15. The Morgan fingerprint density at radius 2 is 2.17 bits per heavy atom. The molecule has 1 aromatic heterocycles. The third kappa shape index (κ3) is 4.35. The smallest absolute Gasteiger partial charge is 0.118 e. The summed E-state index contributed by atoms with van der Waals surface area (Å²) >= 11 is 0. The van der Waals surface area contributed by atoms with Gasteiger partial charge in [0.25, 0.3) is 0 Å². The van der Waals surface area contributed by atoms with Crippen molar-refractivity contribution >= 4 is 0 Å². The van der Waals surface area contributed by atoms with E-state index in [1.807, 2.05) is 13.0 Å². The van der Waals surface area contributed by atoms with Crippen LogP contribution in [0.1, 0.15) is 24.4 Å². The summed E-state index contributed by atoms with van der Waals surface area (Å²) in [5, 5.41) is 0. The Morgan fingerprint density at radius 1 is 1.30 bits per heavy atom. The van der Waals surface area contributed by atoms with Crippen molar-refractivity contribution in [1.82, 2.24) is 9.80 Å². The topological polar surface area (TPSA) is 38.1 Å². The molecule has 0 spiro atoms. The Labute approximate surface area is 139 Å². The second kappa shape index (κ2) is 7.79. The molecule has 1 saturated heterocycles. The van der Waals surface area contributed by atoms with Crippen LogP contribution in [0.4, 0.5) is 0 Å². The summed E-state index contributed by atoms with van der Waals surface area (Å²) in [6, 6.07) is 4.65. The zero-order valence-corrected chi connectivity index (χ0v) is 14.7. The maximum atomic E-state index is 6.10. The Kier molecular flexibility index (Phi) is 5.75. The molecule has 0 amide bonds. The second-order valence-corrected chi connectivity index (χ2v) is 7.10. The van der Waals surface area contributed by atoms with E-state index in [1.165, 1.54) is 12.8 Å². The number of rotatable bonds is 7. The molecule has 0 unspecified atom stereocenters. The fraction of sp³-hybridized carbons (Fsp3) is 0.778. The van der Waals surface area contributed by atoms with Crippen LogP contribution in [-0.2, 0) is 16.0 Å². The van der Waals surface area contributed by atoms with Crippen molar-refractivity contribution in [2.75, 3.05) is 47.0 Å². The van der Waals surface area contributed by atoms with Gasteiger partial charge in [0, 0.05) is 25.0 Å². The summed E-state index contributed by atoms with van der Waals surface area (Å²) in [6.07, 6.45) is 2.72. The number of morpholine rings is 1. The van der Waals surface area contributed by atoms with Crippen LogP contribution in [0.15, 0.2) is 16.5 Å². The fourth-order valence-electron chi connectivity index (χ4n) is 3.76. The number of aryl methyl sites for hydroxylation is 1. The molecule has 1 saturated carbocycles. The van der Waals surface area contributed by atoms with Crippen LogP contribution in [0.25, 0.3) is 0 Å². The number of likely N-dealkylation sites (N-methyl/N-ethyl adjacent to an activating group) is 1. The predicted octanol–water partition coefficient (Wildman–Crippen LogP) is 2.15. The van der Waals surface area contributed by atoms with E-state index < -0.39 is 0 Å². The number of nitrogens with zero attached hydrogens (tertiary/aromatic N) is 2. The highest BCUT2D eigenvalue weighted by atomic mass is 16.5. The number of fused-ring (bicyclic) bond motifs is 1. The van der Waals surface area contributed by atoms with Crippen molar-refractivity contribution in [3.63, 3.8) is 0 Å². The second-order valence-electron chi connectivity index (χ2n) is 7.10.